The molecule has 1 aliphatic rings. The minimum Gasteiger partial charge on any atom is -0.478 e. The van der Waals surface area contributed by atoms with E-state index in [2.05, 4.69) is 15.3 Å². The Morgan fingerprint density at radius 1 is 1.06 bits per heavy atom. The lowest BCUT2D eigenvalue weighted by Gasteiger charge is -2.43. The van der Waals surface area contributed by atoms with Gasteiger partial charge in [-0.25, -0.2) is 14.8 Å². The van der Waals surface area contributed by atoms with E-state index in [4.69, 9.17) is 0 Å². The van der Waals surface area contributed by atoms with Crippen molar-refractivity contribution in [1.29, 1.82) is 0 Å². The van der Waals surface area contributed by atoms with E-state index in [-0.39, 0.29) is 18.7 Å². The van der Waals surface area contributed by atoms with Gasteiger partial charge in [-0.15, -0.1) is 0 Å². The molecule has 0 unspecified atom stereocenters. The molecule has 0 aliphatic carbocycles. The van der Waals surface area contributed by atoms with Gasteiger partial charge in [0, 0.05) is 36.7 Å². The molecule has 1 aromatic carbocycles. The Kier molecular flexibility index (Phi) is 9.10. The second-order valence-corrected chi connectivity index (χ2v) is 8.27. The van der Waals surface area contributed by atoms with E-state index in [9.17, 15) is 30.3 Å². The van der Waals surface area contributed by atoms with Gasteiger partial charge in [0.05, 0.1) is 24.3 Å². The van der Waals surface area contributed by atoms with Gasteiger partial charge in [-0.2, -0.15) is 0 Å². The van der Waals surface area contributed by atoms with Crippen molar-refractivity contribution in [2.24, 2.45) is 0 Å². The highest BCUT2D eigenvalue weighted by Gasteiger charge is 2.40. The number of anilines is 1. The number of nitrogens with zero attached hydrogens (tertiary/aromatic N) is 3. The first-order valence-corrected chi connectivity index (χ1v) is 11.2. The van der Waals surface area contributed by atoms with Gasteiger partial charge in [-0.3, -0.25) is 4.90 Å². The predicted molar refractivity (Wildman–Crippen MR) is 122 cm³/mol. The number of β-amino-alcohol motifs (C(OH)–C–C–N with tert-alkyl or cyclic N) is 1. The summed E-state index contributed by atoms with van der Waals surface area (Å²) in [5.41, 5.74) is 1.35. The molecule has 1 aromatic heterocycles. The van der Waals surface area contributed by atoms with E-state index in [1.165, 1.54) is 0 Å². The van der Waals surface area contributed by atoms with Crippen molar-refractivity contribution >= 4 is 11.7 Å². The average molecular weight is 461 g/mol. The summed E-state index contributed by atoms with van der Waals surface area (Å²) in [5.74, 6) is -0.553. The fourth-order valence-corrected chi connectivity index (χ4v) is 4.11. The number of rotatable bonds is 11. The molecule has 180 valence electrons. The third kappa shape index (κ3) is 6.46. The van der Waals surface area contributed by atoms with Crippen LogP contribution in [0.3, 0.4) is 0 Å². The van der Waals surface area contributed by atoms with E-state index < -0.39 is 30.3 Å². The molecule has 33 heavy (non-hydrogen) atoms. The number of likely N-dealkylation sites (tertiary alicyclic amines) is 1. The molecule has 2 heterocycles. The van der Waals surface area contributed by atoms with Crippen molar-refractivity contribution in [2.45, 2.75) is 50.0 Å². The maximum atomic E-state index is 11.7. The monoisotopic (exact) mass is 460 g/mol. The number of piperidine rings is 1. The van der Waals surface area contributed by atoms with E-state index in [1.54, 1.807) is 36.7 Å². The van der Waals surface area contributed by atoms with Crippen molar-refractivity contribution in [2.75, 3.05) is 31.6 Å². The molecular weight excluding hydrogens is 428 g/mol. The van der Waals surface area contributed by atoms with Crippen molar-refractivity contribution in [3.8, 4) is 11.4 Å². The number of aromatic nitrogens is 2. The smallest absolute Gasteiger partial charge is 0.337 e. The average Bonchev–Trinajstić information content (AvgIpc) is 2.82. The molecule has 2 aromatic rings. The molecular formula is C23H32N4O6. The first-order chi connectivity index (χ1) is 15.9. The minimum absolute atomic E-state index is 0.166. The van der Waals surface area contributed by atoms with Crippen LogP contribution >= 0.6 is 0 Å². The van der Waals surface area contributed by atoms with Gasteiger partial charge in [0.25, 0.3) is 0 Å². The second-order valence-electron chi connectivity index (χ2n) is 8.27. The van der Waals surface area contributed by atoms with Gasteiger partial charge in [-0.1, -0.05) is 12.8 Å². The zero-order chi connectivity index (χ0) is 23.8. The van der Waals surface area contributed by atoms with Crippen LogP contribution in [0.2, 0.25) is 0 Å². The predicted octanol–water partition coefficient (Wildman–Crippen LogP) is 0.573. The number of unbranched alkanes of at least 4 members (excludes halogenated alkanes) is 3. The summed E-state index contributed by atoms with van der Waals surface area (Å²) in [6.45, 7) is 1.16. The molecule has 10 heteroatoms. The van der Waals surface area contributed by atoms with Crippen molar-refractivity contribution in [1.82, 2.24) is 14.9 Å². The number of nitrogens with one attached hydrogen (secondary N) is 1. The molecule has 1 saturated heterocycles. The number of hydrogen-bond acceptors (Lipinski definition) is 9. The first-order valence-electron chi connectivity index (χ1n) is 11.2. The van der Waals surface area contributed by atoms with Crippen LogP contribution in [0.4, 0.5) is 5.69 Å². The summed E-state index contributed by atoms with van der Waals surface area (Å²) in [6, 6.07) is 6.21. The van der Waals surface area contributed by atoms with E-state index in [1.807, 2.05) is 4.90 Å². The molecule has 0 saturated carbocycles. The Morgan fingerprint density at radius 3 is 2.48 bits per heavy atom. The van der Waals surface area contributed by atoms with Gasteiger partial charge < -0.3 is 30.8 Å². The summed E-state index contributed by atoms with van der Waals surface area (Å²) in [7, 11) is 0. The SMILES string of the molecule is O=C(O)c1cc(-c2ncccn2)ccc1NCCCCCCN1C[C@H](O)[C@@H](O)[C@H](O)[C@H]1CO. The molecule has 0 radical (unpaired) electrons. The van der Waals surface area contributed by atoms with Gasteiger partial charge in [0.1, 0.15) is 12.2 Å². The lowest BCUT2D eigenvalue weighted by atomic mass is 9.94. The minimum atomic E-state index is -1.24. The Labute approximate surface area is 192 Å². The maximum absolute atomic E-state index is 11.7. The molecule has 6 N–H and O–H groups in total. The zero-order valence-corrected chi connectivity index (χ0v) is 18.4. The number of carbonyl (C=O) groups is 1. The molecule has 1 fully saturated rings. The van der Waals surface area contributed by atoms with Crippen LogP contribution in [0.15, 0.2) is 36.7 Å². The van der Waals surface area contributed by atoms with Crippen molar-refractivity contribution in [3.63, 3.8) is 0 Å². The topological polar surface area (TPSA) is 159 Å². The fourth-order valence-electron chi connectivity index (χ4n) is 4.11. The highest BCUT2D eigenvalue weighted by atomic mass is 16.4. The van der Waals surface area contributed by atoms with Crippen LogP contribution in [0.25, 0.3) is 11.4 Å². The number of aromatic carboxylic acids is 1. The van der Waals surface area contributed by atoms with Crippen LogP contribution in [0, 0.1) is 0 Å². The Balaban J connectivity index is 1.42. The molecule has 1 aliphatic heterocycles. The zero-order valence-electron chi connectivity index (χ0n) is 18.4. The molecule has 0 spiro atoms. The highest BCUT2D eigenvalue weighted by molar-refractivity contribution is 5.95. The van der Waals surface area contributed by atoms with Crippen molar-refractivity contribution in [3.05, 3.63) is 42.2 Å². The van der Waals surface area contributed by atoms with Crippen LogP contribution in [-0.4, -0.2) is 97.0 Å². The summed E-state index contributed by atoms with van der Waals surface area (Å²) in [4.78, 5) is 21.8. The van der Waals surface area contributed by atoms with Crippen LogP contribution in [0.5, 0.6) is 0 Å². The summed E-state index contributed by atoms with van der Waals surface area (Å²) in [6.07, 6.45) is 3.25. The Hall–Kier alpha value is -2.63. The second kappa shape index (κ2) is 12.0. The number of aliphatic hydroxyl groups is 4. The largest absolute Gasteiger partial charge is 0.478 e. The number of benzene rings is 1. The first kappa shape index (κ1) is 25.0. The standard InChI is InChI=1S/C23H32N4O6/c28-14-18-20(30)21(31)19(29)13-27(18)11-4-2-1-3-8-24-17-7-6-15(12-16(17)23(32)33)22-25-9-5-10-26-22/h5-7,9-10,12,18-21,24,28-31H,1-4,8,11,13-14H2,(H,32,33)/t18-,19+,20-,21-/m1/s1. The van der Waals surface area contributed by atoms with Crippen LogP contribution in [0.1, 0.15) is 36.0 Å². The van der Waals surface area contributed by atoms with E-state index in [0.717, 1.165) is 25.7 Å². The van der Waals surface area contributed by atoms with Gasteiger partial charge in [-0.05, 0) is 43.7 Å². The van der Waals surface area contributed by atoms with E-state index in [0.29, 0.717) is 30.2 Å². The van der Waals surface area contributed by atoms with Gasteiger partial charge in [0.15, 0.2) is 5.82 Å². The number of aliphatic hydroxyl groups excluding tert-OH is 4. The molecule has 4 atom stereocenters. The Bertz CT molecular complexity index is 900. The lowest BCUT2D eigenvalue weighted by Crippen LogP contribution is -2.62. The Morgan fingerprint density at radius 2 is 1.79 bits per heavy atom. The molecule has 0 amide bonds. The number of carboxylic acid groups (broad SMARTS) is 1. The molecule has 0 bridgehead atoms. The van der Waals surface area contributed by atoms with E-state index >= 15 is 0 Å². The third-order valence-corrected chi connectivity index (χ3v) is 5.98. The van der Waals surface area contributed by atoms with Gasteiger partial charge >= 0.3 is 5.97 Å². The quantitative estimate of drug-likeness (QED) is 0.262. The summed E-state index contributed by atoms with van der Waals surface area (Å²) < 4.78 is 0. The highest BCUT2D eigenvalue weighted by Crippen LogP contribution is 2.23. The summed E-state index contributed by atoms with van der Waals surface area (Å²) in [5, 5.41) is 51.9. The molecule has 10 nitrogen and oxygen atoms in total. The fraction of sp³-hybridized carbons (Fsp3) is 0.522. The van der Waals surface area contributed by atoms with Crippen molar-refractivity contribution < 1.29 is 30.3 Å². The van der Waals surface area contributed by atoms with Gasteiger partial charge in [0.2, 0.25) is 0 Å². The lowest BCUT2D eigenvalue weighted by molar-refractivity contribution is -0.145. The normalized spacial score (nSPS) is 23.4. The number of hydrogen-bond donors (Lipinski definition) is 6. The molecule has 3 rings (SSSR count). The maximum Gasteiger partial charge on any atom is 0.337 e. The summed E-state index contributed by atoms with van der Waals surface area (Å²) >= 11 is 0. The number of carboxylic acids is 1. The third-order valence-electron chi connectivity index (χ3n) is 5.98. The van der Waals surface area contributed by atoms with Crippen LogP contribution < -0.4 is 5.32 Å². The van der Waals surface area contributed by atoms with Crippen LogP contribution in [-0.2, 0) is 0 Å².